The third-order valence-corrected chi connectivity index (χ3v) is 3.17. The number of hydrogen-bond acceptors (Lipinski definition) is 3. The monoisotopic (exact) mass is 269 g/mol. The lowest BCUT2D eigenvalue weighted by atomic mass is 10.0. The third-order valence-electron chi connectivity index (χ3n) is 3.17. The van der Waals surface area contributed by atoms with Gasteiger partial charge in [-0.25, -0.2) is 0 Å². The van der Waals surface area contributed by atoms with Crippen molar-refractivity contribution in [2.45, 2.75) is 19.1 Å². The summed E-state index contributed by atoms with van der Waals surface area (Å²) in [5, 5.41) is 6.95. The van der Waals surface area contributed by atoms with Crippen LogP contribution in [-0.4, -0.2) is 21.9 Å². The Hall–Kier alpha value is -2.05. The molecule has 0 fully saturated rings. The second-order valence-corrected chi connectivity index (χ2v) is 4.27. The largest absolute Gasteiger partial charge is 0.497 e. The van der Waals surface area contributed by atoms with Crippen LogP contribution in [0, 0.1) is 0 Å². The fourth-order valence-electron chi connectivity index (χ4n) is 2.26. The summed E-state index contributed by atoms with van der Waals surface area (Å²) in [5.41, 5.74) is 1.60. The Kier molecular flexibility index (Phi) is 2.51. The lowest BCUT2D eigenvalue weighted by Crippen LogP contribution is -2.19. The smallest absolute Gasteiger partial charge is 0.451 e. The highest BCUT2D eigenvalue weighted by Crippen LogP contribution is 2.36. The van der Waals surface area contributed by atoms with Crippen LogP contribution in [0.5, 0.6) is 5.75 Å². The number of aryl methyl sites for hydroxylation is 1. The van der Waals surface area contributed by atoms with E-state index in [0.717, 1.165) is 10.1 Å². The van der Waals surface area contributed by atoms with Crippen molar-refractivity contribution in [3.05, 3.63) is 29.6 Å². The molecule has 1 aromatic heterocycles. The van der Waals surface area contributed by atoms with Gasteiger partial charge in [0.15, 0.2) is 5.82 Å². The number of fused-ring (bicyclic) bond motifs is 3. The van der Waals surface area contributed by atoms with Crippen molar-refractivity contribution in [1.82, 2.24) is 14.8 Å². The Morgan fingerprint density at radius 3 is 2.74 bits per heavy atom. The van der Waals surface area contributed by atoms with Crippen molar-refractivity contribution in [3.8, 4) is 17.1 Å². The predicted octanol–water partition coefficient (Wildman–Crippen LogP) is 2.53. The molecule has 2 aromatic rings. The van der Waals surface area contributed by atoms with Gasteiger partial charge in [-0.3, -0.25) is 0 Å². The molecule has 0 radical (unpaired) electrons. The molecule has 0 atom stereocenters. The minimum absolute atomic E-state index is 0.233. The van der Waals surface area contributed by atoms with E-state index in [9.17, 15) is 13.2 Å². The summed E-state index contributed by atoms with van der Waals surface area (Å²) in [5.74, 6) is -0.118. The molecule has 0 aliphatic carbocycles. The van der Waals surface area contributed by atoms with Crippen LogP contribution in [0.1, 0.15) is 11.4 Å². The fraction of sp³-hybridized carbons (Fsp3) is 0.333. The quantitative estimate of drug-likeness (QED) is 0.798. The van der Waals surface area contributed by atoms with Crippen molar-refractivity contribution in [3.63, 3.8) is 0 Å². The Morgan fingerprint density at radius 2 is 2.05 bits per heavy atom. The molecule has 0 amide bonds. The van der Waals surface area contributed by atoms with Gasteiger partial charge in [-0.2, -0.15) is 13.2 Å². The fourth-order valence-corrected chi connectivity index (χ4v) is 2.26. The molecular weight excluding hydrogens is 259 g/mol. The first-order chi connectivity index (χ1) is 9.00. The van der Waals surface area contributed by atoms with Crippen molar-refractivity contribution >= 4 is 0 Å². The molecule has 0 N–H and O–H groups in total. The van der Waals surface area contributed by atoms with Gasteiger partial charge in [0.25, 0.3) is 0 Å². The highest BCUT2D eigenvalue weighted by atomic mass is 19.4. The zero-order valence-corrected chi connectivity index (χ0v) is 10.0. The van der Waals surface area contributed by atoms with E-state index in [1.54, 1.807) is 12.1 Å². The zero-order chi connectivity index (χ0) is 13.6. The van der Waals surface area contributed by atoms with Crippen LogP contribution < -0.4 is 4.74 Å². The number of ether oxygens (including phenoxy) is 1. The van der Waals surface area contributed by atoms with Crippen LogP contribution in [0.3, 0.4) is 0 Å². The topological polar surface area (TPSA) is 39.9 Å². The van der Waals surface area contributed by atoms with Gasteiger partial charge < -0.3 is 9.30 Å². The van der Waals surface area contributed by atoms with E-state index in [1.165, 1.54) is 7.11 Å². The molecular formula is C12H10F3N3O. The summed E-state index contributed by atoms with van der Waals surface area (Å²) in [4.78, 5) is 0. The number of hydrogen-bond donors (Lipinski definition) is 0. The normalized spacial score (nSPS) is 13.9. The van der Waals surface area contributed by atoms with Gasteiger partial charge >= 0.3 is 6.18 Å². The van der Waals surface area contributed by atoms with Gasteiger partial charge in [-0.1, -0.05) is 6.07 Å². The van der Waals surface area contributed by atoms with Crippen molar-refractivity contribution in [2.75, 3.05) is 7.11 Å². The molecule has 100 valence electrons. The number of alkyl halides is 3. The van der Waals surface area contributed by atoms with Gasteiger partial charge in [0.2, 0.25) is 5.82 Å². The van der Waals surface area contributed by atoms with Gasteiger partial charge in [0.1, 0.15) is 5.75 Å². The van der Waals surface area contributed by atoms with Crippen LogP contribution in [0.2, 0.25) is 0 Å². The Balaban J connectivity index is 2.17. The zero-order valence-electron chi connectivity index (χ0n) is 10.0. The van der Waals surface area contributed by atoms with Gasteiger partial charge in [-0.15, -0.1) is 10.2 Å². The van der Waals surface area contributed by atoms with E-state index in [-0.39, 0.29) is 12.4 Å². The highest BCUT2D eigenvalue weighted by Gasteiger charge is 2.39. The lowest BCUT2D eigenvalue weighted by molar-refractivity contribution is -0.147. The number of methoxy groups -OCH3 is 1. The first-order valence-corrected chi connectivity index (χ1v) is 5.68. The Bertz CT molecular complexity index is 634. The molecule has 19 heavy (non-hydrogen) atoms. The summed E-state index contributed by atoms with van der Waals surface area (Å²) >= 11 is 0. The molecule has 3 rings (SSSR count). The minimum Gasteiger partial charge on any atom is -0.497 e. The standard InChI is InChI=1S/C12H10F3N3O/c1-19-8-3-2-7-4-5-18-10(9(7)6-8)16-17-11(18)12(13,14)15/h2-3,6H,4-5H2,1H3. The summed E-state index contributed by atoms with van der Waals surface area (Å²) in [6.45, 7) is 0.233. The third kappa shape index (κ3) is 1.85. The van der Waals surface area contributed by atoms with E-state index in [4.69, 9.17) is 4.74 Å². The average Bonchev–Trinajstić information content (AvgIpc) is 2.82. The molecule has 2 heterocycles. The van der Waals surface area contributed by atoms with Crippen LogP contribution in [-0.2, 0) is 19.1 Å². The summed E-state index contributed by atoms with van der Waals surface area (Å²) in [6.07, 6.45) is -3.96. The van der Waals surface area contributed by atoms with E-state index in [2.05, 4.69) is 10.2 Å². The van der Waals surface area contributed by atoms with Gasteiger partial charge in [-0.05, 0) is 24.1 Å². The maximum absolute atomic E-state index is 12.8. The number of nitrogens with zero attached hydrogens (tertiary/aromatic N) is 3. The number of benzene rings is 1. The van der Waals surface area contributed by atoms with E-state index in [0.29, 0.717) is 17.7 Å². The highest BCUT2D eigenvalue weighted by molar-refractivity contribution is 5.64. The predicted molar refractivity (Wildman–Crippen MR) is 60.7 cm³/mol. The van der Waals surface area contributed by atoms with E-state index in [1.807, 2.05) is 6.07 Å². The van der Waals surface area contributed by atoms with E-state index < -0.39 is 12.0 Å². The maximum Gasteiger partial charge on any atom is 0.451 e. The van der Waals surface area contributed by atoms with Crippen molar-refractivity contribution in [2.24, 2.45) is 0 Å². The second-order valence-electron chi connectivity index (χ2n) is 4.27. The van der Waals surface area contributed by atoms with Gasteiger partial charge in [0.05, 0.1) is 7.11 Å². The molecule has 1 aliphatic rings. The molecule has 0 spiro atoms. The lowest BCUT2D eigenvalue weighted by Gasteiger charge is -2.19. The SMILES string of the molecule is COc1ccc2c(c1)-c1nnc(C(F)(F)F)n1CC2. The minimum atomic E-state index is -4.48. The van der Waals surface area contributed by atoms with Crippen LogP contribution >= 0.6 is 0 Å². The molecule has 7 heteroatoms. The first-order valence-electron chi connectivity index (χ1n) is 5.68. The number of aromatic nitrogens is 3. The molecule has 0 saturated heterocycles. The number of rotatable bonds is 1. The summed E-state index contributed by atoms with van der Waals surface area (Å²) < 4.78 is 44.6. The average molecular weight is 269 g/mol. The van der Waals surface area contributed by atoms with Crippen LogP contribution in [0.25, 0.3) is 11.4 Å². The second kappa shape index (κ2) is 3.97. The molecule has 1 aromatic carbocycles. The Labute approximate surface area is 106 Å². The van der Waals surface area contributed by atoms with Crippen LogP contribution in [0.15, 0.2) is 18.2 Å². The summed E-state index contributed by atoms with van der Waals surface area (Å²) in [7, 11) is 1.51. The molecule has 4 nitrogen and oxygen atoms in total. The molecule has 0 saturated carbocycles. The van der Waals surface area contributed by atoms with Crippen LogP contribution in [0.4, 0.5) is 13.2 Å². The molecule has 1 aliphatic heterocycles. The Morgan fingerprint density at radius 1 is 1.26 bits per heavy atom. The molecule has 0 unspecified atom stereocenters. The summed E-state index contributed by atoms with van der Waals surface area (Å²) in [6, 6.07) is 5.32. The maximum atomic E-state index is 12.8. The number of halogens is 3. The van der Waals surface area contributed by atoms with Crippen molar-refractivity contribution in [1.29, 1.82) is 0 Å². The van der Waals surface area contributed by atoms with Gasteiger partial charge in [0, 0.05) is 12.1 Å². The first kappa shape index (κ1) is 12.0. The molecule has 0 bridgehead atoms. The van der Waals surface area contributed by atoms with Crippen molar-refractivity contribution < 1.29 is 17.9 Å². The van der Waals surface area contributed by atoms with E-state index >= 15 is 0 Å².